The maximum atomic E-state index is 12.8. The Morgan fingerprint density at radius 3 is 2.52 bits per heavy atom. The van der Waals surface area contributed by atoms with Crippen molar-refractivity contribution in [2.45, 2.75) is 50.5 Å². The highest BCUT2D eigenvalue weighted by atomic mass is 35.5. The van der Waals surface area contributed by atoms with Crippen LogP contribution in [0.15, 0.2) is 30.3 Å². The Kier molecular flexibility index (Phi) is 4.84. The van der Waals surface area contributed by atoms with Gasteiger partial charge in [-0.1, -0.05) is 49.6 Å². The Morgan fingerprint density at radius 2 is 1.86 bits per heavy atom. The van der Waals surface area contributed by atoms with E-state index in [2.05, 4.69) is 29.2 Å². The molecule has 0 heterocycles. The molecule has 0 aliphatic heterocycles. The molecule has 3 rings (SSSR count). The van der Waals surface area contributed by atoms with E-state index in [0.29, 0.717) is 30.3 Å². The first-order valence-electron chi connectivity index (χ1n) is 8.22. The number of carbonyl (C=O) groups is 1. The second-order valence-corrected chi connectivity index (χ2v) is 6.75. The predicted octanol–water partition coefficient (Wildman–Crippen LogP) is 4.19. The molecule has 0 bridgehead atoms. The summed E-state index contributed by atoms with van der Waals surface area (Å²) in [5.74, 6) is 1.51. The van der Waals surface area contributed by atoms with Gasteiger partial charge in [-0.2, -0.15) is 0 Å². The Bertz CT molecular complexity index is 469. The van der Waals surface area contributed by atoms with E-state index in [0.717, 1.165) is 19.3 Å². The highest BCUT2D eigenvalue weighted by molar-refractivity contribution is 6.18. The minimum atomic E-state index is 0.192. The molecule has 0 radical (unpaired) electrons. The molecule has 2 saturated carbocycles. The van der Waals surface area contributed by atoms with Gasteiger partial charge in [0.2, 0.25) is 5.91 Å². The van der Waals surface area contributed by atoms with Crippen molar-refractivity contribution in [3.05, 3.63) is 35.9 Å². The van der Waals surface area contributed by atoms with Crippen molar-refractivity contribution in [1.29, 1.82) is 0 Å². The zero-order valence-corrected chi connectivity index (χ0v) is 13.3. The van der Waals surface area contributed by atoms with Gasteiger partial charge in [-0.05, 0) is 30.7 Å². The average Bonchev–Trinajstić information content (AvgIpc) is 3.34. The maximum Gasteiger partial charge on any atom is 0.226 e. The van der Waals surface area contributed by atoms with E-state index in [1.807, 2.05) is 6.07 Å². The molecule has 0 N–H and O–H groups in total. The summed E-state index contributed by atoms with van der Waals surface area (Å²) in [7, 11) is 0. The van der Waals surface area contributed by atoms with E-state index in [-0.39, 0.29) is 5.92 Å². The molecular formula is C18H24ClNO. The molecule has 2 aliphatic carbocycles. The molecule has 2 aliphatic rings. The van der Waals surface area contributed by atoms with Crippen molar-refractivity contribution in [3.8, 4) is 0 Å². The summed E-state index contributed by atoms with van der Waals surface area (Å²) in [6, 6.07) is 10.9. The van der Waals surface area contributed by atoms with Crippen LogP contribution in [0.1, 0.15) is 50.0 Å². The summed E-state index contributed by atoms with van der Waals surface area (Å²) in [4.78, 5) is 14.9. The number of carbonyl (C=O) groups excluding carboxylic acids is 1. The van der Waals surface area contributed by atoms with Gasteiger partial charge in [-0.15, -0.1) is 11.6 Å². The number of hydrogen-bond donors (Lipinski definition) is 0. The Balaban J connectivity index is 1.65. The summed E-state index contributed by atoms with van der Waals surface area (Å²) >= 11 is 5.94. The first-order valence-corrected chi connectivity index (χ1v) is 8.76. The first kappa shape index (κ1) is 14.9. The number of hydrogen-bond acceptors (Lipinski definition) is 1. The molecular weight excluding hydrogens is 282 g/mol. The number of halogens is 1. The van der Waals surface area contributed by atoms with Gasteiger partial charge in [0.25, 0.3) is 0 Å². The fourth-order valence-electron chi connectivity index (χ4n) is 3.71. The molecule has 2 nitrogen and oxygen atoms in total. The fourth-order valence-corrected chi connectivity index (χ4v) is 3.89. The van der Waals surface area contributed by atoms with Gasteiger partial charge in [0.1, 0.15) is 0 Å². The molecule has 0 spiro atoms. The molecule has 3 heteroatoms. The standard InChI is InChI=1S/C18H24ClNO/c19-11-12-20(15-9-5-2-6-10-15)18(21)17-13-16(17)14-7-3-1-4-8-14/h1,3-4,7-8,15-17H,2,5-6,9-13H2. The molecule has 1 aromatic carbocycles. The minimum Gasteiger partial charge on any atom is -0.338 e. The van der Waals surface area contributed by atoms with E-state index in [1.54, 1.807) is 0 Å². The van der Waals surface area contributed by atoms with Crippen LogP contribution in [0.4, 0.5) is 0 Å². The van der Waals surface area contributed by atoms with Crippen molar-refractivity contribution >= 4 is 17.5 Å². The average molecular weight is 306 g/mol. The molecule has 2 fully saturated rings. The van der Waals surface area contributed by atoms with Crippen molar-refractivity contribution in [1.82, 2.24) is 4.90 Å². The van der Waals surface area contributed by atoms with E-state index in [4.69, 9.17) is 11.6 Å². The SMILES string of the molecule is O=C(C1CC1c1ccccc1)N(CCCl)C1CCCCC1. The third-order valence-electron chi connectivity index (χ3n) is 4.96. The van der Waals surface area contributed by atoms with Crippen molar-refractivity contribution < 1.29 is 4.79 Å². The normalized spacial score (nSPS) is 25.6. The number of amides is 1. The minimum absolute atomic E-state index is 0.192. The first-order chi connectivity index (χ1) is 10.3. The highest BCUT2D eigenvalue weighted by Gasteiger charge is 2.46. The molecule has 2 unspecified atom stereocenters. The van der Waals surface area contributed by atoms with Crippen molar-refractivity contribution in [2.24, 2.45) is 5.92 Å². The Morgan fingerprint density at radius 1 is 1.14 bits per heavy atom. The number of alkyl halides is 1. The molecule has 2 atom stereocenters. The Hall–Kier alpha value is -1.02. The van der Waals surface area contributed by atoms with Crippen LogP contribution in [-0.2, 0) is 4.79 Å². The van der Waals surface area contributed by atoms with Gasteiger partial charge >= 0.3 is 0 Å². The van der Waals surface area contributed by atoms with E-state index in [1.165, 1.54) is 24.8 Å². The second kappa shape index (κ2) is 6.83. The third-order valence-corrected chi connectivity index (χ3v) is 5.13. The van der Waals surface area contributed by atoms with Crippen LogP contribution < -0.4 is 0 Å². The summed E-state index contributed by atoms with van der Waals surface area (Å²) in [6.07, 6.45) is 7.15. The molecule has 21 heavy (non-hydrogen) atoms. The van der Waals surface area contributed by atoms with Gasteiger partial charge in [-0.3, -0.25) is 4.79 Å². The predicted molar refractivity (Wildman–Crippen MR) is 86.6 cm³/mol. The van der Waals surface area contributed by atoms with Gasteiger partial charge in [-0.25, -0.2) is 0 Å². The highest BCUT2D eigenvalue weighted by Crippen LogP contribution is 2.48. The quantitative estimate of drug-likeness (QED) is 0.747. The van der Waals surface area contributed by atoms with Gasteiger partial charge in [0.05, 0.1) is 0 Å². The molecule has 1 amide bonds. The Labute approximate surface area is 132 Å². The second-order valence-electron chi connectivity index (χ2n) is 6.37. The van der Waals surface area contributed by atoms with Crippen LogP contribution in [-0.4, -0.2) is 29.3 Å². The lowest BCUT2D eigenvalue weighted by molar-refractivity contribution is -0.135. The number of rotatable bonds is 5. The van der Waals surface area contributed by atoms with Crippen LogP contribution in [0.3, 0.4) is 0 Å². The third kappa shape index (κ3) is 3.42. The van der Waals surface area contributed by atoms with Crippen LogP contribution in [0.25, 0.3) is 0 Å². The van der Waals surface area contributed by atoms with Crippen molar-refractivity contribution in [2.75, 3.05) is 12.4 Å². The van der Waals surface area contributed by atoms with E-state index >= 15 is 0 Å². The van der Waals surface area contributed by atoms with Crippen LogP contribution >= 0.6 is 11.6 Å². The smallest absolute Gasteiger partial charge is 0.226 e. The van der Waals surface area contributed by atoms with Gasteiger partial charge < -0.3 is 4.90 Å². The van der Waals surface area contributed by atoms with Crippen LogP contribution in [0, 0.1) is 5.92 Å². The van der Waals surface area contributed by atoms with Gasteiger partial charge in [0.15, 0.2) is 0 Å². The lowest BCUT2D eigenvalue weighted by Gasteiger charge is -2.34. The zero-order chi connectivity index (χ0) is 14.7. The lowest BCUT2D eigenvalue weighted by atomic mass is 9.93. The van der Waals surface area contributed by atoms with E-state index < -0.39 is 0 Å². The fraction of sp³-hybridized carbons (Fsp3) is 0.611. The molecule has 1 aromatic rings. The monoisotopic (exact) mass is 305 g/mol. The lowest BCUT2D eigenvalue weighted by Crippen LogP contribution is -2.43. The topological polar surface area (TPSA) is 20.3 Å². The summed E-state index contributed by atoms with van der Waals surface area (Å²) in [5.41, 5.74) is 1.31. The largest absolute Gasteiger partial charge is 0.338 e. The molecule has 0 aromatic heterocycles. The van der Waals surface area contributed by atoms with Crippen molar-refractivity contribution in [3.63, 3.8) is 0 Å². The maximum absolute atomic E-state index is 12.8. The van der Waals surface area contributed by atoms with Gasteiger partial charge in [0, 0.05) is 24.4 Å². The summed E-state index contributed by atoms with van der Waals surface area (Å²) in [6.45, 7) is 0.711. The van der Waals surface area contributed by atoms with E-state index in [9.17, 15) is 4.79 Å². The van der Waals surface area contributed by atoms with Crippen LogP contribution in [0.5, 0.6) is 0 Å². The molecule has 0 saturated heterocycles. The number of benzene rings is 1. The van der Waals surface area contributed by atoms with Crippen LogP contribution in [0.2, 0.25) is 0 Å². The zero-order valence-electron chi connectivity index (χ0n) is 12.5. The molecule has 114 valence electrons. The summed E-state index contributed by atoms with van der Waals surface area (Å²) < 4.78 is 0. The summed E-state index contributed by atoms with van der Waals surface area (Å²) in [5, 5.41) is 0. The number of nitrogens with zero attached hydrogens (tertiary/aromatic N) is 1.